The Hall–Kier alpha value is -2.54. The number of likely N-dealkylation sites (tertiary alicyclic amines) is 1. The number of aromatic nitrogens is 1. The third-order valence-electron chi connectivity index (χ3n) is 7.15. The van der Waals surface area contributed by atoms with Crippen LogP contribution in [0.5, 0.6) is 0 Å². The lowest BCUT2D eigenvalue weighted by Gasteiger charge is -2.32. The van der Waals surface area contributed by atoms with E-state index in [4.69, 9.17) is 0 Å². The molecule has 4 aromatic rings. The molecule has 1 fully saturated rings. The standard InChI is InChI=1S/C26H27N3O2S.ClH/c30-32(31)25-7-2-5-20-4-1-6-24(26(20)25)29(32)15-3-14-28-16-11-19(12-17-28)21-8-9-23-22(18-21)10-13-27-23;/h1-2,4-10,13,18-19,27H,3,11-12,14-17H2;1H. The molecule has 0 unspecified atom stereocenters. The number of piperidine rings is 1. The Morgan fingerprint density at radius 1 is 0.909 bits per heavy atom. The summed E-state index contributed by atoms with van der Waals surface area (Å²) in [6.07, 6.45) is 5.14. The molecule has 172 valence electrons. The predicted molar refractivity (Wildman–Crippen MR) is 137 cm³/mol. The van der Waals surface area contributed by atoms with Crippen LogP contribution < -0.4 is 4.31 Å². The van der Waals surface area contributed by atoms with Gasteiger partial charge in [-0.3, -0.25) is 4.31 Å². The summed E-state index contributed by atoms with van der Waals surface area (Å²) in [5, 5.41) is 3.15. The summed E-state index contributed by atoms with van der Waals surface area (Å²) in [6.45, 7) is 3.60. The van der Waals surface area contributed by atoms with Crippen LogP contribution in [-0.2, 0) is 10.0 Å². The largest absolute Gasteiger partial charge is 0.361 e. The fraction of sp³-hybridized carbons (Fsp3) is 0.308. The summed E-state index contributed by atoms with van der Waals surface area (Å²) in [5.74, 6) is 0.608. The third-order valence-corrected chi connectivity index (χ3v) is 9.01. The van der Waals surface area contributed by atoms with Crippen molar-refractivity contribution < 1.29 is 8.42 Å². The number of fused-ring (bicyclic) bond motifs is 1. The molecule has 2 aliphatic rings. The predicted octanol–water partition coefficient (Wildman–Crippen LogP) is 5.52. The molecule has 5 nitrogen and oxygen atoms in total. The summed E-state index contributed by atoms with van der Waals surface area (Å²) in [4.78, 5) is 6.20. The summed E-state index contributed by atoms with van der Waals surface area (Å²) < 4.78 is 27.9. The first-order chi connectivity index (χ1) is 15.6. The number of benzene rings is 3. The summed E-state index contributed by atoms with van der Waals surface area (Å²) in [5.41, 5.74) is 3.46. The number of hydrogen-bond donors (Lipinski definition) is 1. The maximum absolute atomic E-state index is 13.1. The van der Waals surface area contributed by atoms with Gasteiger partial charge >= 0.3 is 0 Å². The number of sulfonamides is 1. The lowest BCUT2D eigenvalue weighted by atomic mass is 9.89. The average Bonchev–Trinajstić information content (AvgIpc) is 3.37. The van der Waals surface area contributed by atoms with Crippen LogP contribution in [0.4, 0.5) is 5.69 Å². The van der Waals surface area contributed by atoms with E-state index in [0.717, 1.165) is 55.4 Å². The van der Waals surface area contributed by atoms with E-state index in [1.807, 2.05) is 36.5 Å². The Balaban J connectivity index is 0.00000228. The van der Waals surface area contributed by atoms with Crippen LogP contribution in [0.15, 0.2) is 71.8 Å². The van der Waals surface area contributed by atoms with Crippen LogP contribution in [0.2, 0.25) is 0 Å². The smallest absolute Gasteiger partial charge is 0.265 e. The number of hydrogen-bond acceptors (Lipinski definition) is 3. The molecule has 6 rings (SSSR count). The number of anilines is 1. The second-order valence-electron chi connectivity index (χ2n) is 9.00. The van der Waals surface area contributed by atoms with Crippen LogP contribution in [0, 0.1) is 0 Å². The van der Waals surface area contributed by atoms with E-state index >= 15 is 0 Å². The van der Waals surface area contributed by atoms with E-state index in [1.54, 1.807) is 10.4 Å². The number of halogens is 1. The summed E-state index contributed by atoms with van der Waals surface area (Å²) in [6, 6.07) is 20.3. The molecule has 3 heterocycles. The van der Waals surface area contributed by atoms with Gasteiger partial charge in [-0.25, -0.2) is 8.42 Å². The highest BCUT2D eigenvalue weighted by Gasteiger charge is 2.35. The molecule has 33 heavy (non-hydrogen) atoms. The van der Waals surface area contributed by atoms with Crippen molar-refractivity contribution >= 4 is 49.8 Å². The Labute approximate surface area is 200 Å². The van der Waals surface area contributed by atoms with E-state index in [1.165, 1.54) is 16.5 Å². The fourth-order valence-electron chi connectivity index (χ4n) is 5.45. The molecule has 2 aliphatic heterocycles. The number of H-pyrrole nitrogens is 1. The molecular weight excluding hydrogens is 454 g/mol. The van der Waals surface area contributed by atoms with Crippen molar-refractivity contribution in [1.82, 2.24) is 9.88 Å². The van der Waals surface area contributed by atoms with Crippen LogP contribution in [0.25, 0.3) is 21.7 Å². The molecule has 1 aromatic heterocycles. The van der Waals surface area contributed by atoms with Crippen molar-refractivity contribution in [3.63, 3.8) is 0 Å². The molecule has 7 heteroatoms. The number of nitrogens with one attached hydrogen (secondary N) is 1. The van der Waals surface area contributed by atoms with E-state index in [2.05, 4.69) is 34.1 Å². The molecule has 0 atom stereocenters. The van der Waals surface area contributed by atoms with Gasteiger partial charge in [-0.15, -0.1) is 12.4 Å². The average molecular weight is 482 g/mol. The molecule has 0 amide bonds. The van der Waals surface area contributed by atoms with Crippen molar-refractivity contribution in [3.05, 3.63) is 72.4 Å². The maximum atomic E-state index is 13.1. The zero-order valence-corrected chi connectivity index (χ0v) is 20.0. The second-order valence-corrected chi connectivity index (χ2v) is 10.8. The van der Waals surface area contributed by atoms with E-state index in [9.17, 15) is 8.42 Å². The Morgan fingerprint density at radius 2 is 1.70 bits per heavy atom. The quantitative estimate of drug-likeness (QED) is 0.408. The van der Waals surface area contributed by atoms with Crippen molar-refractivity contribution in [3.8, 4) is 0 Å². The van der Waals surface area contributed by atoms with Gasteiger partial charge in [0.25, 0.3) is 10.0 Å². The number of aromatic amines is 1. The molecule has 0 radical (unpaired) electrons. The van der Waals surface area contributed by atoms with Gasteiger partial charge in [0.2, 0.25) is 0 Å². The number of nitrogens with zero attached hydrogens (tertiary/aromatic N) is 2. The summed E-state index contributed by atoms with van der Waals surface area (Å²) >= 11 is 0. The minimum atomic E-state index is -3.45. The normalized spacial score (nSPS) is 18.1. The molecule has 3 aromatic carbocycles. The van der Waals surface area contributed by atoms with Gasteiger partial charge in [0, 0.05) is 23.6 Å². The molecule has 1 saturated heterocycles. The monoisotopic (exact) mass is 481 g/mol. The highest BCUT2D eigenvalue weighted by atomic mass is 35.5. The first kappa shape index (κ1) is 22.3. The SMILES string of the molecule is Cl.O=S1(=O)c2cccc3cccc(c23)N1CCCN1CCC(c2ccc3[nH]ccc3c2)CC1. The minimum absolute atomic E-state index is 0. The lowest BCUT2D eigenvalue weighted by Crippen LogP contribution is -2.36. The first-order valence-corrected chi connectivity index (χ1v) is 12.9. The summed E-state index contributed by atoms with van der Waals surface area (Å²) in [7, 11) is -3.45. The van der Waals surface area contributed by atoms with Crippen LogP contribution in [-0.4, -0.2) is 44.5 Å². The van der Waals surface area contributed by atoms with Crippen LogP contribution >= 0.6 is 12.4 Å². The fourth-order valence-corrected chi connectivity index (χ4v) is 7.20. The zero-order valence-electron chi connectivity index (χ0n) is 18.4. The number of rotatable bonds is 5. The highest BCUT2D eigenvalue weighted by Crippen LogP contribution is 2.42. The minimum Gasteiger partial charge on any atom is -0.361 e. The molecule has 0 spiro atoms. The van der Waals surface area contributed by atoms with E-state index < -0.39 is 10.0 Å². The molecule has 0 saturated carbocycles. The van der Waals surface area contributed by atoms with Crippen molar-refractivity contribution in [2.45, 2.75) is 30.1 Å². The molecule has 0 bridgehead atoms. The topological polar surface area (TPSA) is 56.4 Å². The Morgan fingerprint density at radius 3 is 2.52 bits per heavy atom. The van der Waals surface area contributed by atoms with Gasteiger partial charge in [0.15, 0.2) is 0 Å². The Kier molecular flexibility index (Phi) is 5.85. The molecule has 0 aliphatic carbocycles. The van der Waals surface area contributed by atoms with E-state index in [0.29, 0.717) is 17.4 Å². The van der Waals surface area contributed by atoms with Crippen LogP contribution in [0.3, 0.4) is 0 Å². The van der Waals surface area contributed by atoms with E-state index in [-0.39, 0.29) is 12.4 Å². The van der Waals surface area contributed by atoms with Crippen molar-refractivity contribution in [1.29, 1.82) is 0 Å². The lowest BCUT2D eigenvalue weighted by molar-refractivity contribution is 0.211. The van der Waals surface area contributed by atoms with Crippen molar-refractivity contribution in [2.75, 3.05) is 30.5 Å². The van der Waals surface area contributed by atoms with Crippen molar-refractivity contribution in [2.24, 2.45) is 0 Å². The molecular formula is C26H28ClN3O2S. The van der Waals surface area contributed by atoms with Crippen LogP contribution in [0.1, 0.15) is 30.7 Å². The highest BCUT2D eigenvalue weighted by molar-refractivity contribution is 7.93. The first-order valence-electron chi connectivity index (χ1n) is 11.5. The van der Waals surface area contributed by atoms with Gasteiger partial charge < -0.3 is 9.88 Å². The second kappa shape index (κ2) is 8.67. The Bertz CT molecular complexity index is 1400. The zero-order chi connectivity index (χ0) is 21.7. The maximum Gasteiger partial charge on any atom is 0.265 e. The van der Waals surface area contributed by atoms with Gasteiger partial charge in [-0.05, 0) is 91.5 Å². The van der Waals surface area contributed by atoms with Gasteiger partial charge in [-0.2, -0.15) is 0 Å². The van der Waals surface area contributed by atoms with Gasteiger partial charge in [0.1, 0.15) is 0 Å². The van der Waals surface area contributed by atoms with Gasteiger partial charge in [-0.1, -0.05) is 30.3 Å². The van der Waals surface area contributed by atoms with Gasteiger partial charge in [0.05, 0.1) is 10.6 Å². The molecule has 1 N–H and O–H groups in total. The third kappa shape index (κ3) is 3.80.